The van der Waals surface area contributed by atoms with Gasteiger partial charge in [0, 0.05) is 23.4 Å². The lowest BCUT2D eigenvalue weighted by Crippen LogP contribution is -2.17. The van der Waals surface area contributed by atoms with Crippen molar-refractivity contribution in [1.82, 2.24) is 19.9 Å². The molecule has 0 unspecified atom stereocenters. The van der Waals surface area contributed by atoms with Crippen molar-refractivity contribution in [2.75, 3.05) is 5.32 Å². The minimum atomic E-state index is -0.372. The Morgan fingerprint density at radius 3 is 2.83 bits per heavy atom. The van der Waals surface area contributed by atoms with Crippen LogP contribution >= 0.6 is 11.8 Å². The van der Waals surface area contributed by atoms with Crippen molar-refractivity contribution in [1.29, 1.82) is 0 Å². The number of anilines is 1. The number of carbonyl (C=O) groups is 2. The summed E-state index contributed by atoms with van der Waals surface area (Å²) in [5.74, 6) is 0.532. The number of amides is 2. The van der Waals surface area contributed by atoms with Crippen LogP contribution in [-0.4, -0.2) is 31.8 Å². The van der Waals surface area contributed by atoms with Crippen LogP contribution in [0, 0.1) is 13.8 Å². The van der Waals surface area contributed by atoms with Crippen molar-refractivity contribution in [2.45, 2.75) is 32.7 Å². The summed E-state index contributed by atoms with van der Waals surface area (Å²) in [5.41, 5.74) is 3.09. The average Bonchev–Trinajstić information content (AvgIpc) is 3.16. The van der Waals surface area contributed by atoms with E-state index in [1.54, 1.807) is 10.6 Å². The Balaban J connectivity index is 1.85. The summed E-state index contributed by atoms with van der Waals surface area (Å²) in [6.07, 6.45) is 4.02. The highest BCUT2D eigenvalue weighted by molar-refractivity contribution is 8.18. The van der Waals surface area contributed by atoms with Gasteiger partial charge in [-0.25, -0.2) is 4.98 Å². The first-order chi connectivity index (χ1) is 11.0. The second-order valence-corrected chi connectivity index (χ2v) is 6.80. The average molecular weight is 329 g/mol. The van der Waals surface area contributed by atoms with Gasteiger partial charge in [0.05, 0.1) is 10.6 Å². The molecule has 0 atom stereocenters. The Bertz CT molecular complexity index is 882. The summed E-state index contributed by atoms with van der Waals surface area (Å²) in [7, 11) is 0. The van der Waals surface area contributed by atoms with E-state index in [4.69, 9.17) is 0 Å². The normalized spacial score (nSPS) is 19.7. The Kier molecular flexibility index (Phi) is 3.15. The van der Waals surface area contributed by atoms with Crippen LogP contribution in [-0.2, 0) is 4.79 Å². The lowest BCUT2D eigenvalue weighted by molar-refractivity contribution is -0.115. The maximum absolute atomic E-state index is 11.8. The van der Waals surface area contributed by atoms with E-state index in [-0.39, 0.29) is 11.1 Å². The third-order valence-corrected chi connectivity index (χ3v) is 4.59. The van der Waals surface area contributed by atoms with E-state index in [0.29, 0.717) is 16.6 Å². The number of nitrogens with zero attached hydrogens (tertiary/aromatic N) is 3. The van der Waals surface area contributed by atoms with Gasteiger partial charge in [0.15, 0.2) is 5.65 Å². The Morgan fingerprint density at radius 2 is 2.17 bits per heavy atom. The number of imide groups is 1. The highest BCUT2D eigenvalue weighted by Gasteiger charge is 2.27. The summed E-state index contributed by atoms with van der Waals surface area (Å²) in [6, 6.07) is 2.47. The van der Waals surface area contributed by atoms with Crippen LogP contribution in [0.5, 0.6) is 0 Å². The van der Waals surface area contributed by atoms with E-state index in [1.165, 1.54) is 12.8 Å². The highest BCUT2D eigenvalue weighted by atomic mass is 32.2. The van der Waals surface area contributed by atoms with Gasteiger partial charge in [-0.1, -0.05) is 0 Å². The van der Waals surface area contributed by atoms with Crippen LogP contribution in [0.15, 0.2) is 11.0 Å². The third-order valence-electron chi connectivity index (χ3n) is 3.78. The second kappa shape index (κ2) is 5.09. The molecule has 2 N–H and O–H groups in total. The molecular weight excluding hydrogens is 314 g/mol. The van der Waals surface area contributed by atoms with Crippen LogP contribution in [0.25, 0.3) is 11.7 Å². The van der Waals surface area contributed by atoms with E-state index in [0.717, 1.165) is 34.5 Å². The molecule has 0 radical (unpaired) electrons. The lowest BCUT2D eigenvalue weighted by atomic mass is 10.2. The van der Waals surface area contributed by atoms with Gasteiger partial charge in [-0.3, -0.25) is 14.9 Å². The number of hydrogen-bond donors (Lipinski definition) is 2. The lowest BCUT2D eigenvalue weighted by Gasteiger charge is -2.08. The molecule has 1 aliphatic carbocycles. The van der Waals surface area contributed by atoms with Crippen LogP contribution in [0.2, 0.25) is 0 Å². The molecule has 1 saturated heterocycles. The minimum absolute atomic E-state index is 0.351. The molecule has 2 aromatic rings. The van der Waals surface area contributed by atoms with Crippen LogP contribution in [0.4, 0.5) is 10.6 Å². The summed E-state index contributed by atoms with van der Waals surface area (Å²) < 4.78 is 1.77. The Morgan fingerprint density at radius 1 is 1.39 bits per heavy atom. The molecule has 4 rings (SSSR count). The molecule has 0 bridgehead atoms. The van der Waals surface area contributed by atoms with Crippen molar-refractivity contribution in [2.24, 2.45) is 0 Å². The summed E-state index contributed by atoms with van der Waals surface area (Å²) in [6.45, 7) is 3.80. The zero-order valence-electron chi connectivity index (χ0n) is 12.7. The predicted molar refractivity (Wildman–Crippen MR) is 88.2 cm³/mol. The molecule has 2 fully saturated rings. The molecule has 2 aromatic heterocycles. The topological polar surface area (TPSA) is 88.4 Å². The number of aromatic nitrogens is 3. The first-order valence-electron chi connectivity index (χ1n) is 7.39. The monoisotopic (exact) mass is 329 g/mol. The molecule has 0 aromatic carbocycles. The quantitative estimate of drug-likeness (QED) is 0.840. The zero-order valence-corrected chi connectivity index (χ0v) is 13.5. The molecule has 7 nitrogen and oxygen atoms in total. The van der Waals surface area contributed by atoms with Crippen LogP contribution in [0.1, 0.15) is 29.8 Å². The molecule has 23 heavy (non-hydrogen) atoms. The molecule has 8 heteroatoms. The smallest absolute Gasteiger partial charge is 0.290 e. The summed E-state index contributed by atoms with van der Waals surface area (Å²) >= 11 is 0.899. The Labute approximate surface area is 136 Å². The fourth-order valence-corrected chi connectivity index (χ4v) is 3.19. The molecule has 118 valence electrons. The Hall–Kier alpha value is -2.35. The van der Waals surface area contributed by atoms with Gasteiger partial charge in [0.25, 0.3) is 11.1 Å². The first-order valence-corrected chi connectivity index (χ1v) is 8.21. The van der Waals surface area contributed by atoms with Crippen molar-refractivity contribution in [3.8, 4) is 0 Å². The van der Waals surface area contributed by atoms with Crippen molar-refractivity contribution in [3.05, 3.63) is 27.9 Å². The fraction of sp³-hybridized carbons (Fsp3) is 0.333. The standard InChI is InChI=1S/C15H15N5O2S/c1-7-5-12(17-9-3-4-9)20-13(16-7)10(8(2)19-20)6-11-14(21)18-15(22)23-11/h5-6,9,17H,3-4H2,1-2H3,(H,18,21,22). The SMILES string of the molecule is Cc1cc(NC2CC2)n2nc(C)c(C=C3SC(=O)NC3=O)c2n1. The first kappa shape index (κ1) is 14.3. The number of nitrogens with one attached hydrogen (secondary N) is 2. The van der Waals surface area contributed by atoms with E-state index in [9.17, 15) is 9.59 Å². The molecule has 1 saturated carbocycles. The number of rotatable bonds is 3. The molecule has 1 aliphatic heterocycles. The van der Waals surface area contributed by atoms with Gasteiger partial charge in [0.1, 0.15) is 5.82 Å². The number of carbonyl (C=O) groups excluding carboxylic acids is 2. The number of thioether (sulfide) groups is 1. The van der Waals surface area contributed by atoms with Crippen molar-refractivity contribution in [3.63, 3.8) is 0 Å². The predicted octanol–water partition coefficient (Wildman–Crippen LogP) is 2.24. The van der Waals surface area contributed by atoms with Gasteiger partial charge in [-0.05, 0) is 44.5 Å². The summed E-state index contributed by atoms with van der Waals surface area (Å²) in [4.78, 5) is 28.0. The van der Waals surface area contributed by atoms with E-state index < -0.39 is 0 Å². The molecule has 2 amide bonds. The maximum atomic E-state index is 11.8. The van der Waals surface area contributed by atoms with E-state index in [2.05, 4.69) is 20.7 Å². The van der Waals surface area contributed by atoms with E-state index in [1.807, 2.05) is 19.9 Å². The molecule has 3 heterocycles. The second-order valence-electron chi connectivity index (χ2n) is 5.79. The van der Waals surface area contributed by atoms with Gasteiger partial charge >= 0.3 is 0 Å². The van der Waals surface area contributed by atoms with Crippen LogP contribution in [0.3, 0.4) is 0 Å². The van der Waals surface area contributed by atoms with Crippen LogP contribution < -0.4 is 10.6 Å². The van der Waals surface area contributed by atoms with Gasteiger partial charge in [0.2, 0.25) is 0 Å². The number of aryl methyl sites for hydroxylation is 2. The van der Waals surface area contributed by atoms with Gasteiger partial charge < -0.3 is 5.32 Å². The highest BCUT2D eigenvalue weighted by Crippen LogP contribution is 2.30. The van der Waals surface area contributed by atoms with Gasteiger partial charge in [-0.2, -0.15) is 9.61 Å². The number of fused-ring (bicyclic) bond motifs is 1. The largest absolute Gasteiger partial charge is 0.367 e. The van der Waals surface area contributed by atoms with Crippen molar-refractivity contribution < 1.29 is 9.59 Å². The van der Waals surface area contributed by atoms with Crippen molar-refractivity contribution >= 4 is 40.4 Å². The molecule has 2 aliphatic rings. The van der Waals surface area contributed by atoms with Gasteiger partial charge in [-0.15, -0.1) is 0 Å². The molecular formula is C15H15N5O2S. The third kappa shape index (κ3) is 2.59. The minimum Gasteiger partial charge on any atom is -0.367 e. The fourth-order valence-electron chi connectivity index (χ4n) is 2.52. The number of hydrogen-bond acceptors (Lipinski definition) is 6. The summed E-state index contributed by atoms with van der Waals surface area (Å²) in [5, 5.41) is 9.90. The maximum Gasteiger partial charge on any atom is 0.290 e. The molecule has 0 spiro atoms. The zero-order chi connectivity index (χ0) is 16.1. The van der Waals surface area contributed by atoms with E-state index >= 15 is 0 Å².